The minimum atomic E-state index is 0.629. The minimum absolute atomic E-state index is 0.629. The van der Waals surface area contributed by atoms with E-state index < -0.39 is 0 Å². The molecule has 0 N–H and O–H groups in total. The van der Waals surface area contributed by atoms with Gasteiger partial charge < -0.3 is 13.7 Å². The van der Waals surface area contributed by atoms with Gasteiger partial charge in [0.15, 0.2) is 10.6 Å². The highest BCUT2D eigenvalue weighted by Crippen LogP contribution is 2.23. The van der Waals surface area contributed by atoms with Gasteiger partial charge in [0.1, 0.15) is 0 Å². The molecule has 0 aliphatic rings. The van der Waals surface area contributed by atoms with Gasteiger partial charge in [-0.05, 0) is 43.2 Å². The highest BCUT2D eigenvalue weighted by molar-refractivity contribution is 7.07. The maximum Gasteiger partial charge on any atom is 0.190 e. The van der Waals surface area contributed by atoms with E-state index in [1.807, 2.05) is 12.1 Å². The zero-order chi connectivity index (χ0) is 16.2. The number of furan rings is 1. The van der Waals surface area contributed by atoms with Crippen LogP contribution in [-0.2, 0) is 11.3 Å². The predicted molar refractivity (Wildman–Crippen MR) is 93.0 cm³/mol. The van der Waals surface area contributed by atoms with E-state index in [0.29, 0.717) is 6.61 Å². The van der Waals surface area contributed by atoms with Crippen LogP contribution in [0.15, 0.2) is 51.4 Å². The van der Waals surface area contributed by atoms with E-state index in [1.54, 1.807) is 24.7 Å². The fourth-order valence-electron chi connectivity index (χ4n) is 2.38. The fraction of sp³-hybridized carbons (Fsp3) is 0.278. The van der Waals surface area contributed by atoms with E-state index in [4.69, 9.17) is 14.1 Å². The van der Waals surface area contributed by atoms with Crippen molar-refractivity contribution in [1.82, 2.24) is 4.57 Å². The van der Waals surface area contributed by atoms with Crippen molar-refractivity contribution in [2.24, 2.45) is 4.99 Å². The Morgan fingerprint density at radius 2 is 2.13 bits per heavy atom. The summed E-state index contributed by atoms with van der Waals surface area (Å²) in [5, 5.41) is 2.08. The summed E-state index contributed by atoms with van der Waals surface area (Å²) in [5.74, 6) is 0.847. The van der Waals surface area contributed by atoms with Gasteiger partial charge >= 0.3 is 0 Å². The lowest BCUT2D eigenvalue weighted by Gasteiger charge is -2.07. The number of nitrogens with zero attached hydrogens (tertiary/aromatic N) is 2. The number of methoxy groups -OCH3 is 1. The molecule has 0 unspecified atom stereocenters. The molecule has 0 saturated carbocycles. The lowest BCUT2D eigenvalue weighted by atomic mass is 10.1. The van der Waals surface area contributed by atoms with Crippen molar-refractivity contribution < 1.29 is 9.15 Å². The zero-order valence-corrected chi connectivity index (χ0v) is 14.4. The zero-order valence-electron chi connectivity index (χ0n) is 13.6. The van der Waals surface area contributed by atoms with Crippen LogP contribution < -0.4 is 4.80 Å². The first-order chi connectivity index (χ1) is 11.2. The van der Waals surface area contributed by atoms with Crippen LogP contribution in [0.25, 0.3) is 11.5 Å². The smallest absolute Gasteiger partial charge is 0.190 e. The highest BCUT2D eigenvalue weighted by atomic mass is 32.1. The molecule has 4 nitrogen and oxygen atoms in total. The average Bonchev–Trinajstić information content (AvgIpc) is 3.18. The first-order valence-corrected chi connectivity index (χ1v) is 8.40. The van der Waals surface area contributed by atoms with Crippen molar-refractivity contribution in [2.75, 3.05) is 13.7 Å². The molecule has 0 saturated heterocycles. The third kappa shape index (κ3) is 3.46. The van der Waals surface area contributed by atoms with Crippen LogP contribution in [-0.4, -0.2) is 18.3 Å². The highest BCUT2D eigenvalue weighted by Gasteiger charge is 2.10. The molecule has 1 aromatic carbocycles. The number of hydrogen-bond acceptors (Lipinski definition) is 4. The van der Waals surface area contributed by atoms with E-state index >= 15 is 0 Å². The molecule has 3 rings (SSSR count). The molecule has 0 aliphatic heterocycles. The standard InChI is InChI=1S/C18H20N2O2S/c1-13-6-7-14(2)15(11-13)19-18-20(8-10-21-3)16(12-23-18)17-5-4-9-22-17/h4-7,9,11-12H,8,10H2,1-3H3. The van der Waals surface area contributed by atoms with E-state index in [9.17, 15) is 0 Å². The van der Waals surface area contributed by atoms with Crippen molar-refractivity contribution in [3.8, 4) is 11.5 Å². The molecule has 5 heteroatoms. The van der Waals surface area contributed by atoms with Crippen molar-refractivity contribution >= 4 is 17.0 Å². The Balaban J connectivity index is 2.11. The number of hydrogen-bond donors (Lipinski definition) is 0. The molecule has 23 heavy (non-hydrogen) atoms. The molecule has 120 valence electrons. The summed E-state index contributed by atoms with van der Waals surface area (Å²) in [6, 6.07) is 10.2. The third-order valence-corrected chi connectivity index (χ3v) is 4.53. The summed E-state index contributed by atoms with van der Waals surface area (Å²) in [6.45, 7) is 5.53. The Morgan fingerprint density at radius 3 is 2.87 bits per heavy atom. The number of benzene rings is 1. The lowest BCUT2D eigenvalue weighted by Crippen LogP contribution is -2.18. The summed E-state index contributed by atoms with van der Waals surface area (Å²) in [7, 11) is 1.71. The number of aryl methyl sites for hydroxylation is 2. The molecule has 0 radical (unpaired) electrons. The topological polar surface area (TPSA) is 39.7 Å². The van der Waals surface area contributed by atoms with Crippen molar-refractivity contribution in [3.63, 3.8) is 0 Å². The maximum atomic E-state index is 5.55. The Bertz CT molecular complexity index is 844. The van der Waals surface area contributed by atoms with Crippen LogP contribution in [0.1, 0.15) is 11.1 Å². The second-order valence-electron chi connectivity index (χ2n) is 5.43. The Kier molecular flexibility index (Phi) is 4.79. The average molecular weight is 328 g/mol. The van der Waals surface area contributed by atoms with Gasteiger partial charge in [-0.1, -0.05) is 12.1 Å². The molecular weight excluding hydrogens is 308 g/mol. The van der Waals surface area contributed by atoms with Gasteiger partial charge in [-0.15, -0.1) is 11.3 Å². The second kappa shape index (κ2) is 6.98. The van der Waals surface area contributed by atoms with E-state index in [0.717, 1.165) is 28.5 Å². The molecule has 0 atom stereocenters. The van der Waals surface area contributed by atoms with Gasteiger partial charge in [0.25, 0.3) is 0 Å². The second-order valence-corrected chi connectivity index (χ2v) is 6.26. The predicted octanol–water partition coefficient (Wildman–Crippen LogP) is 4.31. The van der Waals surface area contributed by atoms with Crippen molar-refractivity contribution in [2.45, 2.75) is 20.4 Å². The quantitative estimate of drug-likeness (QED) is 0.700. The molecular formula is C18H20N2O2S. The van der Waals surface area contributed by atoms with Crippen LogP contribution in [0.3, 0.4) is 0 Å². The fourth-order valence-corrected chi connectivity index (χ4v) is 3.31. The van der Waals surface area contributed by atoms with Crippen LogP contribution in [0.4, 0.5) is 5.69 Å². The van der Waals surface area contributed by atoms with Gasteiger partial charge in [-0.2, -0.15) is 0 Å². The normalized spacial score (nSPS) is 12.0. The van der Waals surface area contributed by atoms with Crippen LogP contribution in [0, 0.1) is 13.8 Å². The number of aromatic nitrogens is 1. The summed E-state index contributed by atoms with van der Waals surface area (Å²) in [5.41, 5.74) is 4.41. The molecule has 0 spiro atoms. The van der Waals surface area contributed by atoms with Crippen LogP contribution >= 0.6 is 11.3 Å². The van der Waals surface area contributed by atoms with E-state index in [1.165, 1.54) is 11.1 Å². The van der Waals surface area contributed by atoms with Crippen LogP contribution in [0.2, 0.25) is 0 Å². The van der Waals surface area contributed by atoms with E-state index in [2.05, 4.69) is 42.0 Å². The third-order valence-electron chi connectivity index (χ3n) is 3.67. The van der Waals surface area contributed by atoms with Gasteiger partial charge in [0, 0.05) is 19.0 Å². The molecule has 0 fully saturated rings. The molecule has 2 heterocycles. The first kappa shape index (κ1) is 15.8. The molecule has 0 aliphatic carbocycles. The summed E-state index contributed by atoms with van der Waals surface area (Å²) in [4.78, 5) is 5.82. The maximum absolute atomic E-state index is 5.55. The molecule has 0 amide bonds. The lowest BCUT2D eigenvalue weighted by molar-refractivity contribution is 0.187. The Morgan fingerprint density at radius 1 is 1.26 bits per heavy atom. The summed E-state index contributed by atoms with van der Waals surface area (Å²) in [6.07, 6.45) is 1.69. The monoisotopic (exact) mass is 328 g/mol. The van der Waals surface area contributed by atoms with E-state index in [-0.39, 0.29) is 0 Å². The molecule has 0 bridgehead atoms. The van der Waals surface area contributed by atoms with Gasteiger partial charge in [-0.25, -0.2) is 4.99 Å². The number of rotatable bonds is 5. The summed E-state index contributed by atoms with van der Waals surface area (Å²) >= 11 is 1.61. The number of thiazole rings is 1. The summed E-state index contributed by atoms with van der Waals surface area (Å²) < 4.78 is 12.9. The van der Waals surface area contributed by atoms with Crippen molar-refractivity contribution in [3.05, 3.63) is 57.9 Å². The van der Waals surface area contributed by atoms with Gasteiger partial charge in [0.05, 0.1) is 24.3 Å². The molecule has 2 aromatic heterocycles. The van der Waals surface area contributed by atoms with Gasteiger partial charge in [0.2, 0.25) is 0 Å². The Labute approximate surface area is 139 Å². The van der Waals surface area contributed by atoms with Gasteiger partial charge in [-0.3, -0.25) is 0 Å². The van der Waals surface area contributed by atoms with Crippen LogP contribution in [0.5, 0.6) is 0 Å². The Hall–Kier alpha value is -2.11. The molecule has 3 aromatic rings. The first-order valence-electron chi connectivity index (χ1n) is 7.52. The largest absolute Gasteiger partial charge is 0.463 e. The number of ether oxygens (including phenoxy) is 1. The SMILES string of the molecule is COCCn1c(-c2ccco2)csc1=Nc1cc(C)ccc1C. The van der Waals surface area contributed by atoms with Crippen molar-refractivity contribution in [1.29, 1.82) is 0 Å². The minimum Gasteiger partial charge on any atom is -0.463 e.